The van der Waals surface area contributed by atoms with Crippen molar-refractivity contribution < 1.29 is 19.4 Å². The second kappa shape index (κ2) is 4.89. The normalized spacial score (nSPS) is 17.1. The van der Waals surface area contributed by atoms with E-state index in [-0.39, 0.29) is 11.9 Å². The van der Waals surface area contributed by atoms with E-state index in [9.17, 15) is 9.90 Å². The SMILES string of the molecule is Cc1cc(CNCC(O)C2CC2)oc1C(=O)O. The first-order valence-corrected chi connectivity index (χ1v) is 5.79. The first-order valence-electron chi connectivity index (χ1n) is 5.79. The van der Waals surface area contributed by atoms with Gasteiger partial charge >= 0.3 is 5.97 Å². The third-order valence-corrected chi connectivity index (χ3v) is 2.98. The molecule has 0 radical (unpaired) electrons. The molecule has 1 fully saturated rings. The standard InChI is InChI=1S/C12H17NO4/c1-7-4-9(17-11(7)12(15)16)5-13-6-10(14)8-2-3-8/h4,8,10,13-14H,2-3,5-6H2,1H3,(H,15,16). The zero-order valence-corrected chi connectivity index (χ0v) is 9.77. The van der Waals surface area contributed by atoms with Crippen molar-refractivity contribution in [3.63, 3.8) is 0 Å². The second-order valence-electron chi connectivity index (χ2n) is 4.57. The summed E-state index contributed by atoms with van der Waals surface area (Å²) in [7, 11) is 0. The van der Waals surface area contributed by atoms with E-state index >= 15 is 0 Å². The van der Waals surface area contributed by atoms with Crippen LogP contribution in [0.1, 0.15) is 34.7 Å². The van der Waals surface area contributed by atoms with Crippen LogP contribution in [0.25, 0.3) is 0 Å². The highest BCUT2D eigenvalue weighted by Gasteiger charge is 2.29. The Morgan fingerprint density at radius 1 is 1.65 bits per heavy atom. The van der Waals surface area contributed by atoms with Crippen molar-refractivity contribution in [1.29, 1.82) is 0 Å². The number of aryl methyl sites for hydroxylation is 1. The van der Waals surface area contributed by atoms with Crippen LogP contribution in [0.4, 0.5) is 0 Å². The first-order chi connectivity index (χ1) is 8.08. The lowest BCUT2D eigenvalue weighted by atomic mass is 10.2. The van der Waals surface area contributed by atoms with Crippen molar-refractivity contribution in [3.8, 4) is 0 Å². The quantitative estimate of drug-likeness (QED) is 0.693. The molecule has 1 heterocycles. The summed E-state index contributed by atoms with van der Waals surface area (Å²) in [5, 5.41) is 21.5. The molecule has 1 aromatic heterocycles. The minimum Gasteiger partial charge on any atom is -0.475 e. The van der Waals surface area contributed by atoms with Crippen LogP contribution in [-0.4, -0.2) is 28.8 Å². The summed E-state index contributed by atoms with van der Waals surface area (Å²) in [5.41, 5.74) is 0.622. The number of furan rings is 1. The third-order valence-electron chi connectivity index (χ3n) is 2.98. The molecule has 1 atom stereocenters. The van der Waals surface area contributed by atoms with Crippen molar-refractivity contribution in [3.05, 3.63) is 23.2 Å². The van der Waals surface area contributed by atoms with Crippen molar-refractivity contribution >= 4 is 5.97 Å². The van der Waals surface area contributed by atoms with E-state index in [0.717, 1.165) is 12.8 Å². The van der Waals surface area contributed by atoms with Crippen molar-refractivity contribution in [2.75, 3.05) is 6.54 Å². The third kappa shape index (κ3) is 3.08. The lowest BCUT2D eigenvalue weighted by Gasteiger charge is -2.09. The Hall–Kier alpha value is -1.33. The molecule has 1 saturated carbocycles. The number of hydrogen-bond acceptors (Lipinski definition) is 4. The zero-order valence-electron chi connectivity index (χ0n) is 9.77. The van der Waals surface area contributed by atoms with Crippen molar-refractivity contribution in [2.45, 2.75) is 32.4 Å². The van der Waals surface area contributed by atoms with Crippen LogP contribution in [-0.2, 0) is 6.54 Å². The molecule has 5 heteroatoms. The van der Waals surface area contributed by atoms with Crippen LogP contribution in [0, 0.1) is 12.8 Å². The van der Waals surface area contributed by atoms with Crippen molar-refractivity contribution in [1.82, 2.24) is 5.32 Å². The highest BCUT2D eigenvalue weighted by Crippen LogP contribution is 2.32. The predicted octanol–water partition coefficient (Wildman–Crippen LogP) is 1.15. The topological polar surface area (TPSA) is 82.7 Å². The largest absolute Gasteiger partial charge is 0.475 e. The fourth-order valence-corrected chi connectivity index (χ4v) is 1.84. The summed E-state index contributed by atoms with van der Waals surface area (Å²) < 4.78 is 5.19. The van der Waals surface area contributed by atoms with Gasteiger partial charge in [-0.05, 0) is 31.7 Å². The second-order valence-corrected chi connectivity index (χ2v) is 4.57. The van der Waals surface area contributed by atoms with Gasteiger partial charge in [-0.25, -0.2) is 4.79 Å². The number of aromatic carboxylic acids is 1. The average molecular weight is 239 g/mol. The molecule has 3 N–H and O–H groups in total. The van der Waals surface area contributed by atoms with E-state index in [1.165, 1.54) is 0 Å². The number of aliphatic hydroxyl groups is 1. The van der Waals surface area contributed by atoms with E-state index in [1.54, 1.807) is 13.0 Å². The maximum absolute atomic E-state index is 10.8. The molecule has 1 aliphatic rings. The molecule has 1 aliphatic carbocycles. The van der Waals surface area contributed by atoms with Gasteiger partial charge in [-0.2, -0.15) is 0 Å². The van der Waals surface area contributed by atoms with Gasteiger partial charge in [0.15, 0.2) is 0 Å². The summed E-state index contributed by atoms with van der Waals surface area (Å²) >= 11 is 0. The molecule has 0 aromatic carbocycles. The van der Waals surface area contributed by atoms with Crippen LogP contribution < -0.4 is 5.32 Å². The Kier molecular flexibility index (Phi) is 3.49. The van der Waals surface area contributed by atoms with Gasteiger partial charge in [0, 0.05) is 12.1 Å². The Balaban J connectivity index is 1.82. The van der Waals surface area contributed by atoms with Crippen molar-refractivity contribution in [2.24, 2.45) is 5.92 Å². The van der Waals surface area contributed by atoms with E-state index in [0.29, 0.717) is 30.3 Å². The van der Waals surface area contributed by atoms with E-state index in [4.69, 9.17) is 9.52 Å². The lowest BCUT2D eigenvalue weighted by Crippen LogP contribution is -2.27. The molecule has 1 unspecified atom stereocenters. The van der Waals surface area contributed by atoms with Gasteiger partial charge in [0.2, 0.25) is 5.76 Å². The molecular weight excluding hydrogens is 222 g/mol. The number of carboxylic acid groups (broad SMARTS) is 1. The summed E-state index contributed by atoms with van der Waals surface area (Å²) in [6.45, 7) is 2.67. The van der Waals surface area contributed by atoms with E-state index in [2.05, 4.69) is 5.32 Å². The zero-order chi connectivity index (χ0) is 12.4. The van der Waals surface area contributed by atoms with E-state index in [1.807, 2.05) is 0 Å². The number of aliphatic hydroxyl groups excluding tert-OH is 1. The summed E-state index contributed by atoms with van der Waals surface area (Å²) in [4.78, 5) is 10.8. The fraction of sp³-hybridized carbons (Fsp3) is 0.583. The highest BCUT2D eigenvalue weighted by molar-refractivity contribution is 5.86. The molecule has 0 spiro atoms. The molecule has 0 aliphatic heterocycles. The summed E-state index contributed by atoms with van der Waals surface area (Å²) in [6, 6.07) is 1.71. The number of nitrogens with one attached hydrogen (secondary N) is 1. The Labute approximate surface area is 99.4 Å². The molecule has 0 bridgehead atoms. The van der Waals surface area contributed by atoms with Gasteiger partial charge < -0.3 is 19.9 Å². The van der Waals surface area contributed by atoms with Crippen LogP contribution >= 0.6 is 0 Å². The molecular formula is C12H17NO4. The number of carboxylic acids is 1. The van der Waals surface area contributed by atoms with E-state index < -0.39 is 5.97 Å². The Bertz CT molecular complexity index is 409. The molecule has 2 rings (SSSR count). The van der Waals surface area contributed by atoms with Gasteiger partial charge in [-0.3, -0.25) is 0 Å². The molecule has 17 heavy (non-hydrogen) atoms. The minimum absolute atomic E-state index is 0.00968. The number of carbonyl (C=O) groups is 1. The van der Waals surface area contributed by atoms with Gasteiger partial charge in [0.25, 0.3) is 0 Å². The highest BCUT2D eigenvalue weighted by atomic mass is 16.4. The molecule has 5 nitrogen and oxygen atoms in total. The molecule has 94 valence electrons. The van der Waals surface area contributed by atoms with Crippen LogP contribution in [0.3, 0.4) is 0 Å². The van der Waals surface area contributed by atoms with Crippen LogP contribution in [0.2, 0.25) is 0 Å². The average Bonchev–Trinajstić information content (AvgIpc) is 3.03. The maximum Gasteiger partial charge on any atom is 0.372 e. The minimum atomic E-state index is -1.05. The van der Waals surface area contributed by atoms with Crippen LogP contribution in [0.15, 0.2) is 10.5 Å². The monoisotopic (exact) mass is 239 g/mol. The van der Waals surface area contributed by atoms with Gasteiger partial charge in [0.1, 0.15) is 5.76 Å². The molecule has 0 saturated heterocycles. The molecule has 1 aromatic rings. The van der Waals surface area contributed by atoms with Gasteiger partial charge in [0.05, 0.1) is 12.6 Å². The van der Waals surface area contributed by atoms with Gasteiger partial charge in [-0.15, -0.1) is 0 Å². The summed E-state index contributed by atoms with van der Waals surface area (Å²) in [5.74, 6) is -0.0328. The summed E-state index contributed by atoms with van der Waals surface area (Å²) in [6.07, 6.45) is 1.91. The Morgan fingerprint density at radius 2 is 2.35 bits per heavy atom. The lowest BCUT2D eigenvalue weighted by molar-refractivity contribution is 0.0658. The molecule has 0 amide bonds. The van der Waals surface area contributed by atoms with Crippen LogP contribution in [0.5, 0.6) is 0 Å². The number of hydrogen-bond donors (Lipinski definition) is 3. The first kappa shape index (κ1) is 12.1. The fourth-order valence-electron chi connectivity index (χ4n) is 1.84. The predicted molar refractivity (Wildman–Crippen MR) is 60.8 cm³/mol. The smallest absolute Gasteiger partial charge is 0.372 e. The Morgan fingerprint density at radius 3 is 2.88 bits per heavy atom. The maximum atomic E-state index is 10.8. The van der Waals surface area contributed by atoms with Gasteiger partial charge in [-0.1, -0.05) is 0 Å². The number of rotatable bonds is 6.